The molecule has 0 N–H and O–H groups in total. The summed E-state index contributed by atoms with van der Waals surface area (Å²) in [5.74, 6) is 0.265. The van der Waals surface area contributed by atoms with Crippen molar-refractivity contribution < 1.29 is 0 Å². The molecule has 2 atom stereocenters. The van der Waals surface area contributed by atoms with E-state index in [1.54, 1.807) is 6.07 Å². The van der Waals surface area contributed by atoms with E-state index in [4.69, 9.17) is 34.8 Å². The van der Waals surface area contributed by atoms with E-state index >= 15 is 0 Å². The van der Waals surface area contributed by atoms with Gasteiger partial charge in [-0.3, -0.25) is 0 Å². The van der Waals surface area contributed by atoms with Crippen molar-refractivity contribution >= 4 is 34.8 Å². The average molecular weight is 266 g/mol. The molecule has 0 saturated heterocycles. The van der Waals surface area contributed by atoms with Gasteiger partial charge in [0, 0.05) is 11.3 Å². The highest BCUT2D eigenvalue weighted by Crippen LogP contribution is 2.39. The summed E-state index contributed by atoms with van der Waals surface area (Å²) >= 11 is 18.1. The molecule has 1 aliphatic rings. The van der Waals surface area contributed by atoms with Gasteiger partial charge < -0.3 is 0 Å². The number of hydrogen-bond donors (Lipinski definition) is 0. The molecule has 0 amide bonds. The lowest BCUT2D eigenvalue weighted by atomic mass is 9.84. The quantitative estimate of drug-likeness (QED) is 0.716. The minimum absolute atomic E-state index is 0.136. The standard InChI is InChI=1S/C10H11Cl3N2/c11-8-4-2-1-3-6(8)7-5-9(12)14-15-10(7)13/h5-6,8H,1-4H2. The fourth-order valence-electron chi connectivity index (χ4n) is 2.06. The molecule has 0 radical (unpaired) electrons. The van der Waals surface area contributed by atoms with Crippen LogP contribution in [0.2, 0.25) is 10.3 Å². The number of nitrogens with zero attached hydrogens (tertiary/aromatic N) is 2. The topological polar surface area (TPSA) is 25.8 Å². The summed E-state index contributed by atoms with van der Waals surface area (Å²) in [6, 6.07) is 1.78. The van der Waals surface area contributed by atoms with E-state index in [-0.39, 0.29) is 11.3 Å². The lowest BCUT2D eigenvalue weighted by Crippen LogP contribution is -2.18. The van der Waals surface area contributed by atoms with E-state index in [2.05, 4.69) is 10.2 Å². The number of halogens is 3. The molecule has 1 heterocycles. The lowest BCUT2D eigenvalue weighted by Gasteiger charge is -2.27. The highest BCUT2D eigenvalue weighted by Gasteiger charge is 2.27. The summed E-state index contributed by atoms with van der Waals surface area (Å²) in [6.45, 7) is 0. The maximum absolute atomic E-state index is 6.29. The molecule has 2 unspecified atom stereocenters. The first kappa shape index (κ1) is 11.4. The Labute approximate surface area is 104 Å². The van der Waals surface area contributed by atoms with Gasteiger partial charge in [-0.15, -0.1) is 21.8 Å². The average Bonchev–Trinajstić information content (AvgIpc) is 2.23. The minimum Gasteiger partial charge on any atom is -0.137 e. The van der Waals surface area contributed by atoms with E-state index in [9.17, 15) is 0 Å². The Kier molecular flexibility index (Phi) is 3.70. The Balaban J connectivity index is 2.30. The largest absolute Gasteiger partial charge is 0.155 e. The van der Waals surface area contributed by atoms with Crippen molar-refractivity contribution in [3.63, 3.8) is 0 Å². The van der Waals surface area contributed by atoms with Crippen LogP contribution in [0.25, 0.3) is 0 Å². The number of alkyl halides is 1. The smallest absolute Gasteiger partial charge is 0.137 e. The Morgan fingerprint density at radius 2 is 1.87 bits per heavy atom. The van der Waals surface area contributed by atoms with Crippen molar-refractivity contribution in [2.75, 3.05) is 0 Å². The van der Waals surface area contributed by atoms with Crippen molar-refractivity contribution in [3.05, 3.63) is 21.9 Å². The van der Waals surface area contributed by atoms with Crippen LogP contribution in [-0.2, 0) is 0 Å². The molecule has 1 fully saturated rings. The monoisotopic (exact) mass is 264 g/mol. The summed E-state index contributed by atoms with van der Waals surface area (Å²) in [7, 11) is 0. The van der Waals surface area contributed by atoms with Gasteiger partial charge in [-0.05, 0) is 24.5 Å². The van der Waals surface area contributed by atoms with E-state index in [1.807, 2.05) is 0 Å². The third-order valence-electron chi connectivity index (χ3n) is 2.83. The predicted octanol–water partition coefficient (Wildman–Crippen LogP) is 4.05. The lowest BCUT2D eigenvalue weighted by molar-refractivity contribution is 0.449. The Morgan fingerprint density at radius 1 is 1.13 bits per heavy atom. The first-order valence-corrected chi connectivity index (χ1v) is 6.20. The molecule has 1 aromatic rings. The number of rotatable bonds is 1. The Hall–Kier alpha value is -0.0500. The maximum Gasteiger partial charge on any atom is 0.155 e. The normalized spacial score (nSPS) is 26.6. The summed E-state index contributed by atoms with van der Waals surface area (Å²) in [5, 5.41) is 8.45. The third-order valence-corrected chi connectivity index (χ3v) is 3.83. The molecule has 2 nitrogen and oxygen atoms in total. The molecular weight excluding hydrogens is 254 g/mol. The SMILES string of the molecule is Clc1cc(C2CCCCC2Cl)c(Cl)nn1. The first-order chi connectivity index (χ1) is 7.18. The molecule has 1 aromatic heterocycles. The van der Waals surface area contributed by atoms with Crippen LogP contribution < -0.4 is 0 Å². The molecule has 0 aliphatic heterocycles. The zero-order valence-corrected chi connectivity index (χ0v) is 10.4. The molecule has 0 aromatic carbocycles. The molecule has 2 rings (SSSR count). The third kappa shape index (κ3) is 2.55. The maximum atomic E-state index is 6.29. The van der Waals surface area contributed by atoms with Gasteiger partial charge in [0.25, 0.3) is 0 Å². The van der Waals surface area contributed by atoms with Gasteiger partial charge in [-0.1, -0.05) is 36.0 Å². The zero-order chi connectivity index (χ0) is 10.8. The van der Waals surface area contributed by atoms with Crippen LogP contribution in [0.3, 0.4) is 0 Å². The molecule has 15 heavy (non-hydrogen) atoms. The van der Waals surface area contributed by atoms with Gasteiger partial charge in [0.15, 0.2) is 10.3 Å². The molecule has 0 bridgehead atoms. The van der Waals surface area contributed by atoms with Crippen LogP contribution >= 0.6 is 34.8 Å². The zero-order valence-electron chi connectivity index (χ0n) is 8.09. The van der Waals surface area contributed by atoms with E-state index in [1.165, 1.54) is 12.8 Å². The van der Waals surface area contributed by atoms with E-state index in [0.29, 0.717) is 10.3 Å². The fourth-order valence-corrected chi connectivity index (χ4v) is 2.87. The summed E-state index contributed by atoms with van der Waals surface area (Å²) in [4.78, 5) is 0. The summed E-state index contributed by atoms with van der Waals surface area (Å²) < 4.78 is 0. The van der Waals surface area contributed by atoms with E-state index < -0.39 is 0 Å². The molecule has 82 valence electrons. The number of hydrogen-bond acceptors (Lipinski definition) is 2. The van der Waals surface area contributed by atoms with Crippen LogP contribution in [0, 0.1) is 0 Å². The molecule has 1 saturated carbocycles. The van der Waals surface area contributed by atoms with E-state index in [0.717, 1.165) is 18.4 Å². The van der Waals surface area contributed by atoms with Crippen LogP contribution in [0.15, 0.2) is 6.07 Å². The second kappa shape index (κ2) is 4.86. The van der Waals surface area contributed by atoms with Gasteiger partial charge in [0.05, 0.1) is 0 Å². The van der Waals surface area contributed by atoms with Gasteiger partial charge in [0.2, 0.25) is 0 Å². The van der Waals surface area contributed by atoms with Crippen LogP contribution in [-0.4, -0.2) is 15.6 Å². The van der Waals surface area contributed by atoms with Crippen molar-refractivity contribution in [1.82, 2.24) is 10.2 Å². The second-order valence-electron chi connectivity index (χ2n) is 3.82. The highest BCUT2D eigenvalue weighted by atomic mass is 35.5. The van der Waals surface area contributed by atoms with Crippen LogP contribution in [0.4, 0.5) is 0 Å². The molecule has 0 spiro atoms. The molecule has 5 heteroatoms. The van der Waals surface area contributed by atoms with Gasteiger partial charge in [-0.2, -0.15) is 0 Å². The van der Waals surface area contributed by atoms with Gasteiger partial charge in [-0.25, -0.2) is 0 Å². The predicted molar refractivity (Wildman–Crippen MR) is 62.9 cm³/mol. The van der Waals surface area contributed by atoms with Crippen molar-refractivity contribution in [1.29, 1.82) is 0 Å². The highest BCUT2D eigenvalue weighted by molar-refractivity contribution is 6.32. The van der Waals surface area contributed by atoms with Crippen molar-refractivity contribution in [2.45, 2.75) is 37.0 Å². The van der Waals surface area contributed by atoms with Crippen LogP contribution in [0.5, 0.6) is 0 Å². The second-order valence-corrected chi connectivity index (χ2v) is 5.13. The van der Waals surface area contributed by atoms with Crippen LogP contribution in [0.1, 0.15) is 37.2 Å². The Morgan fingerprint density at radius 3 is 2.60 bits per heavy atom. The van der Waals surface area contributed by atoms with Crippen molar-refractivity contribution in [3.8, 4) is 0 Å². The van der Waals surface area contributed by atoms with Crippen molar-refractivity contribution in [2.24, 2.45) is 0 Å². The Bertz CT molecular complexity index is 357. The molecular formula is C10H11Cl3N2. The summed E-state index contributed by atoms with van der Waals surface area (Å²) in [6.07, 6.45) is 4.46. The fraction of sp³-hybridized carbons (Fsp3) is 0.600. The summed E-state index contributed by atoms with van der Waals surface area (Å²) in [5.41, 5.74) is 0.941. The molecule has 1 aliphatic carbocycles. The van der Waals surface area contributed by atoms with Gasteiger partial charge >= 0.3 is 0 Å². The van der Waals surface area contributed by atoms with Gasteiger partial charge in [0.1, 0.15) is 0 Å². The first-order valence-electron chi connectivity index (χ1n) is 5.01. The number of aromatic nitrogens is 2. The minimum atomic E-state index is 0.136.